The minimum absolute atomic E-state index is 0.429. The minimum atomic E-state index is -4.20. The fourth-order valence-electron chi connectivity index (χ4n) is 2.10. The number of methoxy groups -OCH3 is 1. The van der Waals surface area contributed by atoms with Gasteiger partial charge in [-0.25, -0.2) is 4.98 Å². The van der Waals surface area contributed by atoms with Gasteiger partial charge in [-0.1, -0.05) is 12.1 Å². The molecule has 108 valence electrons. The molecule has 20 heavy (non-hydrogen) atoms. The van der Waals surface area contributed by atoms with E-state index in [2.05, 4.69) is 10.3 Å². The molecule has 2 aromatic rings. The fraction of sp³-hybridized carbons (Fsp3) is 0.357. The van der Waals surface area contributed by atoms with E-state index in [4.69, 9.17) is 4.74 Å². The zero-order chi connectivity index (χ0) is 14.8. The number of hydrogen-bond acceptors (Lipinski definition) is 3. The molecule has 3 nitrogen and oxygen atoms in total. The molecular weight excluding hydrogens is 269 g/mol. The number of alkyl halides is 3. The molecule has 0 aliphatic carbocycles. The lowest BCUT2D eigenvalue weighted by atomic mass is 10.1. The normalized spacial score (nSPS) is 13.2. The van der Waals surface area contributed by atoms with Crippen molar-refractivity contribution in [1.29, 1.82) is 0 Å². The maximum Gasteiger partial charge on any atom is 0.391 e. The average molecular weight is 284 g/mol. The summed E-state index contributed by atoms with van der Waals surface area (Å²) in [4.78, 5) is 4.12. The van der Waals surface area contributed by atoms with Crippen molar-refractivity contribution in [2.24, 2.45) is 0 Å². The van der Waals surface area contributed by atoms with E-state index < -0.39 is 18.6 Å². The van der Waals surface area contributed by atoms with Crippen LogP contribution >= 0.6 is 0 Å². The second-order valence-electron chi connectivity index (χ2n) is 4.58. The van der Waals surface area contributed by atoms with Crippen LogP contribution < -0.4 is 10.1 Å². The number of anilines is 1. The monoisotopic (exact) mass is 284 g/mol. The van der Waals surface area contributed by atoms with Crippen LogP contribution in [0.3, 0.4) is 0 Å². The number of hydrogen-bond donors (Lipinski definition) is 1. The molecule has 1 atom stereocenters. The second-order valence-corrected chi connectivity index (χ2v) is 4.58. The van der Waals surface area contributed by atoms with Gasteiger partial charge in [0, 0.05) is 23.0 Å². The van der Waals surface area contributed by atoms with Crippen molar-refractivity contribution in [3.63, 3.8) is 0 Å². The highest BCUT2D eigenvalue weighted by atomic mass is 19.4. The number of halogens is 3. The standard InChI is InChI=1S/C14H15F3N2O/c1-9(8-14(15,16)17)19-13-11-4-3-5-12(20-2)10(11)6-7-18-13/h3-7,9H,8H2,1-2H3,(H,18,19). The van der Waals surface area contributed by atoms with Crippen LogP contribution in [-0.2, 0) is 0 Å². The minimum Gasteiger partial charge on any atom is -0.496 e. The van der Waals surface area contributed by atoms with E-state index in [0.29, 0.717) is 11.6 Å². The van der Waals surface area contributed by atoms with Gasteiger partial charge in [-0.05, 0) is 19.1 Å². The molecule has 0 bridgehead atoms. The first-order valence-corrected chi connectivity index (χ1v) is 6.15. The van der Waals surface area contributed by atoms with Crippen molar-refractivity contribution in [3.8, 4) is 5.75 Å². The highest BCUT2D eigenvalue weighted by Gasteiger charge is 2.30. The van der Waals surface area contributed by atoms with E-state index in [1.54, 1.807) is 37.6 Å². The molecule has 1 N–H and O–H groups in total. The van der Waals surface area contributed by atoms with E-state index in [1.165, 1.54) is 6.92 Å². The zero-order valence-electron chi connectivity index (χ0n) is 11.2. The van der Waals surface area contributed by atoms with Gasteiger partial charge in [-0.15, -0.1) is 0 Å². The van der Waals surface area contributed by atoms with Crippen LogP contribution in [0.15, 0.2) is 30.5 Å². The number of benzene rings is 1. The Morgan fingerprint density at radius 3 is 2.65 bits per heavy atom. The van der Waals surface area contributed by atoms with Gasteiger partial charge in [0.05, 0.1) is 13.5 Å². The van der Waals surface area contributed by atoms with E-state index in [0.717, 1.165) is 10.8 Å². The molecule has 0 spiro atoms. The highest BCUT2D eigenvalue weighted by molar-refractivity contribution is 5.95. The quantitative estimate of drug-likeness (QED) is 0.921. The summed E-state index contributed by atoms with van der Waals surface area (Å²) in [6.07, 6.45) is -3.56. The summed E-state index contributed by atoms with van der Waals surface area (Å²) < 4.78 is 42.3. The third-order valence-corrected chi connectivity index (χ3v) is 2.91. The average Bonchev–Trinajstić information content (AvgIpc) is 2.36. The van der Waals surface area contributed by atoms with E-state index in [-0.39, 0.29) is 0 Å². The maximum absolute atomic E-state index is 12.4. The fourth-order valence-corrected chi connectivity index (χ4v) is 2.10. The van der Waals surface area contributed by atoms with Gasteiger partial charge >= 0.3 is 6.18 Å². The molecule has 2 rings (SSSR count). The third-order valence-electron chi connectivity index (χ3n) is 2.91. The Hall–Kier alpha value is -1.98. The molecule has 0 aliphatic heterocycles. The van der Waals surface area contributed by atoms with Gasteiger partial charge in [-0.3, -0.25) is 0 Å². The summed E-state index contributed by atoms with van der Waals surface area (Å²) in [5.74, 6) is 1.09. The SMILES string of the molecule is COc1cccc2c(NC(C)CC(F)(F)F)nccc12. The topological polar surface area (TPSA) is 34.1 Å². The second kappa shape index (κ2) is 5.56. The molecule has 0 saturated carbocycles. The molecule has 1 aromatic carbocycles. The van der Waals surface area contributed by atoms with Crippen molar-refractivity contribution in [2.75, 3.05) is 12.4 Å². The summed E-state index contributed by atoms with van der Waals surface area (Å²) in [7, 11) is 1.55. The number of rotatable bonds is 4. The lowest BCUT2D eigenvalue weighted by Crippen LogP contribution is -2.24. The lowest BCUT2D eigenvalue weighted by molar-refractivity contribution is -0.136. The van der Waals surface area contributed by atoms with Crippen LogP contribution in [0.5, 0.6) is 5.75 Å². The van der Waals surface area contributed by atoms with Crippen LogP contribution in [-0.4, -0.2) is 24.3 Å². The van der Waals surface area contributed by atoms with Crippen molar-refractivity contribution in [3.05, 3.63) is 30.5 Å². The number of nitrogens with one attached hydrogen (secondary N) is 1. The largest absolute Gasteiger partial charge is 0.496 e. The maximum atomic E-state index is 12.4. The van der Waals surface area contributed by atoms with Gasteiger partial charge in [0.25, 0.3) is 0 Å². The highest BCUT2D eigenvalue weighted by Crippen LogP contribution is 2.30. The van der Waals surface area contributed by atoms with Gasteiger partial charge < -0.3 is 10.1 Å². The van der Waals surface area contributed by atoms with Crippen molar-refractivity contribution in [2.45, 2.75) is 25.6 Å². The van der Waals surface area contributed by atoms with Crippen LogP contribution in [0, 0.1) is 0 Å². The van der Waals surface area contributed by atoms with E-state index in [1.807, 2.05) is 0 Å². The molecule has 0 aliphatic rings. The van der Waals surface area contributed by atoms with Crippen LogP contribution in [0.1, 0.15) is 13.3 Å². The predicted octanol–water partition coefficient (Wildman–Crippen LogP) is 4.00. The Morgan fingerprint density at radius 2 is 2.00 bits per heavy atom. The lowest BCUT2D eigenvalue weighted by Gasteiger charge is -2.18. The number of fused-ring (bicyclic) bond motifs is 1. The smallest absolute Gasteiger partial charge is 0.391 e. The predicted molar refractivity (Wildman–Crippen MR) is 72.1 cm³/mol. The van der Waals surface area contributed by atoms with Gasteiger partial charge in [0.1, 0.15) is 11.6 Å². The third kappa shape index (κ3) is 3.31. The molecule has 0 saturated heterocycles. The number of pyridine rings is 1. The first-order valence-electron chi connectivity index (χ1n) is 6.15. The molecule has 1 aromatic heterocycles. The summed E-state index contributed by atoms with van der Waals surface area (Å²) in [5.41, 5.74) is 0. The Bertz CT molecular complexity index is 598. The van der Waals surface area contributed by atoms with Crippen molar-refractivity contribution in [1.82, 2.24) is 4.98 Å². The van der Waals surface area contributed by atoms with E-state index >= 15 is 0 Å². The number of nitrogens with zero attached hydrogens (tertiary/aromatic N) is 1. The first kappa shape index (κ1) is 14.4. The molecule has 6 heteroatoms. The zero-order valence-corrected chi connectivity index (χ0v) is 11.2. The molecule has 0 fully saturated rings. The van der Waals surface area contributed by atoms with E-state index in [9.17, 15) is 13.2 Å². The molecule has 1 unspecified atom stereocenters. The summed E-state index contributed by atoms with van der Waals surface area (Å²) in [5, 5.41) is 4.35. The van der Waals surface area contributed by atoms with Gasteiger partial charge in [0.2, 0.25) is 0 Å². The van der Waals surface area contributed by atoms with Crippen LogP contribution in [0.25, 0.3) is 10.8 Å². The molecule has 0 radical (unpaired) electrons. The number of ether oxygens (including phenoxy) is 1. The van der Waals surface area contributed by atoms with Crippen molar-refractivity contribution < 1.29 is 17.9 Å². The number of aromatic nitrogens is 1. The Kier molecular flexibility index (Phi) is 4.01. The van der Waals surface area contributed by atoms with Gasteiger partial charge in [-0.2, -0.15) is 13.2 Å². The summed E-state index contributed by atoms with van der Waals surface area (Å²) >= 11 is 0. The summed E-state index contributed by atoms with van der Waals surface area (Å²) in [6, 6.07) is 6.40. The molecule has 0 amide bonds. The van der Waals surface area contributed by atoms with Crippen molar-refractivity contribution >= 4 is 16.6 Å². The van der Waals surface area contributed by atoms with Crippen LogP contribution in [0.4, 0.5) is 19.0 Å². The Labute approximate surface area is 114 Å². The molecule has 1 heterocycles. The Morgan fingerprint density at radius 1 is 1.25 bits per heavy atom. The summed E-state index contributed by atoms with van der Waals surface area (Å²) in [6.45, 7) is 1.48. The first-order chi connectivity index (χ1) is 9.40. The Balaban J connectivity index is 2.31. The van der Waals surface area contributed by atoms with Gasteiger partial charge in [0.15, 0.2) is 0 Å². The van der Waals surface area contributed by atoms with Crippen LogP contribution in [0.2, 0.25) is 0 Å². The molecular formula is C14H15F3N2O.